The van der Waals surface area contributed by atoms with Crippen LogP contribution in [0, 0.1) is 17.3 Å². The minimum Gasteiger partial charge on any atom is -0.0651 e. The molecule has 1 unspecified atom stereocenters. The minimum atomic E-state index is 0.883. The van der Waals surface area contributed by atoms with Crippen LogP contribution in [0.15, 0.2) is 0 Å². The molecule has 0 aromatic rings. The zero-order valence-corrected chi connectivity index (χ0v) is 7.19. The Kier molecular flexibility index (Phi) is 1.33. The summed E-state index contributed by atoms with van der Waals surface area (Å²) in [5.74, 6) is 2.16. The van der Waals surface area contributed by atoms with E-state index in [9.17, 15) is 0 Å². The van der Waals surface area contributed by atoms with E-state index >= 15 is 0 Å². The van der Waals surface area contributed by atoms with Crippen LogP contribution in [-0.4, -0.2) is 0 Å². The van der Waals surface area contributed by atoms with E-state index in [0.29, 0.717) is 0 Å². The van der Waals surface area contributed by atoms with Crippen LogP contribution in [0.2, 0.25) is 0 Å². The minimum absolute atomic E-state index is 0.883. The highest BCUT2D eigenvalue weighted by molar-refractivity contribution is 5.02. The smallest absolute Gasteiger partial charge is 0.0264 e. The van der Waals surface area contributed by atoms with Crippen molar-refractivity contribution in [3.63, 3.8) is 0 Å². The molecule has 2 fully saturated rings. The quantitative estimate of drug-likeness (QED) is 0.522. The molecule has 0 heteroatoms. The Hall–Kier alpha value is 0. The van der Waals surface area contributed by atoms with E-state index in [2.05, 4.69) is 13.8 Å². The van der Waals surface area contributed by atoms with E-state index in [1.54, 1.807) is 19.3 Å². The van der Waals surface area contributed by atoms with Gasteiger partial charge in [-0.1, -0.05) is 20.3 Å². The van der Waals surface area contributed by atoms with Crippen molar-refractivity contribution in [2.75, 3.05) is 0 Å². The van der Waals surface area contributed by atoms with Crippen molar-refractivity contribution >= 4 is 0 Å². The Morgan fingerprint density at radius 3 is 2.40 bits per heavy atom. The molecular formula is C10H18. The lowest BCUT2D eigenvalue weighted by atomic mass is 9.46. The maximum Gasteiger partial charge on any atom is -0.0264 e. The molecule has 0 radical (unpaired) electrons. The lowest BCUT2D eigenvalue weighted by molar-refractivity contribution is -0.0855. The number of hydrogen-bond acceptors (Lipinski definition) is 0. The summed E-state index contributed by atoms with van der Waals surface area (Å²) < 4.78 is 0. The molecule has 0 aromatic heterocycles. The van der Waals surface area contributed by atoms with Crippen molar-refractivity contribution in [1.29, 1.82) is 0 Å². The van der Waals surface area contributed by atoms with Gasteiger partial charge >= 0.3 is 0 Å². The van der Waals surface area contributed by atoms with Crippen LogP contribution in [0.3, 0.4) is 0 Å². The standard InChI is InChI=1S/C10H18/c1-3-9-4-5-10(9)6-8(2)7-10/h8-9H,3-7H2,1-2H3. The van der Waals surface area contributed by atoms with Gasteiger partial charge in [-0.05, 0) is 42.9 Å². The largest absolute Gasteiger partial charge is 0.0651 e. The summed E-state index contributed by atoms with van der Waals surface area (Å²) in [4.78, 5) is 0. The van der Waals surface area contributed by atoms with Crippen LogP contribution >= 0.6 is 0 Å². The molecule has 58 valence electrons. The highest BCUT2D eigenvalue weighted by atomic mass is 14.6. The average Bonchev–Trinajstić information content (AvgIpc) is 1.79. The summed E-state index contributed by atoms with van der Waals surface area (Å²) >= 11 is 0. The van der Waals surface area contributed by atoms with Crippen molar-refractivity contribution < 1.29 is 0 Å². The Bertz CT molecular complexity index is 129. The van der Waals surface area contributed by atoms with Gasteiger partial charge in [0.15, 0.2) is 0 Å². The second-order valence-electron chi connectivity index (χ2n) is 4.52. The van der Waals surface area contributed by atoms with Crippen molar-refractivity contribution in [1.82, 2.24) is 0 Å². The van der Waals surface area contributed by atoms with Gasteiger partial charge in [0.1, 0.15) is 0 Å². The topological polar surface area (TPSA) is 0 Å². The zero-order chi connectivity index (χ0) is 7.19. The molecule has 0 aliphatic heterocycles. The van der Waals surface area contributed by atoms with Crippen LogP contribution in [0.4, 0.5) is 0 Å². The second-order valence-corrected chi connectivity index (χ2v) is 4.52. The maximum atomic E-state index is 2.40. The molecule has 1 spiro atoms. The van der Waals surface area contributed by atoms with Gasteiger partial charge in [-0.3, -0.25) is 0 Å². The van der Waals surface area contributed by atoms with E-state index in [1.165, 1.54) is 12.8 Å². The summed E-state index contributed by atoms with van der Waals surface area (Å²) in [6.07, 6.45) is 7.61. The lowest BCUT2D eigenvalue weighted by Gasteiger charge is -2.59. The molecule has 0 bridgehead atoms. The summed E-state index contributed by atoms with van der Waals surface area (Å²) in [5.41, 5.74) is 0.883. The normalized spacial score (nSPS) is 52.2. The Morgan fingerprint density at radius 1 is 1.40 bits per heavy atom. The van der Waals surface area contributed by atoms with Gasteiger partial charge in [-0.25, -0.2) is 0 Å². The molecule has 0 N–H and O–H groups in total. The van der Waals surface area contributed by atoms with Crippen LogP contribution in [0.5, 0.6) is 0 Å². The summed E-state index contributed by atoms with van der Waals surface area (Å²) in [7, 11) is 0. The molecule has 0 saturated heterocycles. The number of rotatable bonds is 1. The first-order chi connectivity index (χ1) is 4.77. The first kappa shape index (κ1) is 6.69. The van der Waals surface area contributed by atoms with Crippen molar-refractivity contribution in [3.8, 4) is 0 Å². The fourth-order valence-electron chi connectivity index (χ4n) is 3.26. The van der Waals surface area contributed by atoms with Crippen LogP contribution in [0.25, 0.3) is 0 Å². The summed E-state index contributed by atoms with van der Waals surface area (Å²) in [6, 6.07) is 0. The van der Waals surface area contributed by atoms with Crippen molar-refractivity contribution in [2.45, 2.75) is 46.0 Å². The van der Waals surface area contributed by atoms with Crippen molar-refractivity contribution in [3.05, 3.63) is 0 Å². The molecule has 2 aliphatic carbocycles. The van der Waals surface area contributed by atoms with Gasteiger partial charge in [-0.2, -0.15) is 0 Å². The molecule has 10 heavy (non-hydrogen) atoms. The number of hydrogen-bond donors (Lipinski definition) is 0. The average molecular weight is 138 g/mol. The van der Waals surface area contributed by atoms with Gasteiger partial charge in [0.05, 0.1) is 0 Å². The predicted molar refractivity (Wildman–Crippen MR) is 43.8 cm³/mol. The van der Waals surface area contributed by atoms with Gasteiger partial charge in [0, 0.05) is 0 Å². The third-order valence-electron chi connectivity index (χ3n) is 3.86. The molecular weight excluding hydrogens is 120 g/mol. The fraction of sp³-hybridized carbons (Fsp3) is 1.00. The zero-order valence-electron chi connectivity index (χ0n) is 7.19. The Morgan fingerprint density at radius 2 is 2.10 bits per heavy atom. The van der Waals surface area contributed by atoms with E-state index in [1.807, 2.05) is 0 Å². The monoisotopic (exact) mass is 138 g/mol. The molecule has 0 heterocycles. The van der Waals surface area contributed by atoms with Gasteiger partial charge in [0.25, 0.3) is 0 Å². The van der Waals surface area contributed by atoms with Gasteiger partial charge in [-0.15, -0.1) is 0 Å². The third-order valence-corrected chi connectivity index (χ3v) is 3.86. The molecule has 1 atom stereocenters. The summed E-state index contributed by atoms with van der Waals surface area (Å²) in [6.45, 7) is 4.75. The van der Waals surface area contributed by atoms with E-state index in [-0.39, 0.29) is 0 Å². The lowest BCUT2D eigenvalue weighted by Crippen LogP contribution is -2.49. The molecule has 2 saturated carbocycles. The van der Waals surface area contributed by atoms with Gasteiger partial charge in [0.2, 0.25) is 0 Å². The van der Waals surface area contributed by atoms with Gasteiger partial charge < -0.3 is 0 Å². The second kappa shape index (κ2) is 1.99. The molecule has 0 nitrogen and oxygen atoms in total. The maximum absolute atomic E-state index is 2.40. The Balaban J connectivity index is 1.93. The van der Waals surface area contributed by atoms with E-state index in [0.717, 1.165) is 17.3 Å². The Labute approximate surface area is 64.0 Å². The highest BCUT2D eigenvalue weighted by Gasteiger charge is 2.52. The fourth-order valence-corrected chi connectivity index (χ4v) is 3.26. The molecule has 0 amide bonds. The molecule has 2 rings (SSSR count). The predicted octanol–water partition coefficient (Wildman–Crippen LogP) is 3.22. The molecule has 2 aliphatic rings. The first-order valence-corrected chi connectivity index (χ1v) is 4.77. The molecule has 0 aromatic carbocycles. The van der Waals surface area contributed by atoms with E-state index < -0.39 is 0 Å². The first-order valence-electron chi connectivity index (χ1n) is 4.77. The van der Waals surface area contributed by atoms with Crippen molar-refractivity contribution in [2.24, 2.45) is 17.3 Å². The summed E-state index contributed by atoms with van der Waals surface area (Å²) in [5, 5.41) is 0. The SMILES string of the molecule is CCC1CCC12CC(C)C2. The van der Waals surface area contributed by atoms with Crippen LogP contribution in [0.1, 0.15) is 46.0 Å². The highest BCUT2D eigenvalue weighted by Crippen LogP contribution is 2.62. The van der Waals surface area contributed by atoms with Crippen LogP contribution < -0.4 is 0 Å². The third kappa shape index (κ3) is 0.681. The van der Waals surface area contributed by atoms with E-state index in [4.69, 9.17) is 0 Å². The van der Waals surface area contributed by atoms with Crippen LogP contribution in [-0.2, 0) is 0 Å².